The number of carbonyl (C=O) groups is 1. The summed E-state index contributed by atoms with van der Waals surface area (Å²) in [5.41, 5.74) is 0. The summed E-state index contributed by atoms with van der Waals surface area (Å²) in [6.45, 7) is 1.82. The third-order valence-electron chi connectivity index (χ3n) is 2.20. The summed E-state index contributed by atoms with van der Waals surface area (Å²) in [7, 11) is 3.45. The van der Waals surface area contributed by atoms with E-state index < -0.39 is 0 Å². The number of esters is 1. The van der Waals surface area contributed by atoms with Crippen molar-refractivity contribution in [2.75, 3.05) is 27.2 Å². The summed E-state index contributed by atoms with van der Waals surface area (Å²) in [6, 6.07) is 0. The minimum atomic E-state index is -0.193. The van der Waals surface area contributed by atoms with E-state index in [2.05, 4.69) is 25.6 Å². The van der Waals surface area contributed by atoms with Gasteiger partial charge in [-0.15, -0.1) is 0 Å². The summed E-state index contributed by atoms with van der Waals surface area (Å²) in [4.78, 5) is 13.0. The van der Waals surface area contributed by atoms with Gasteiger partial charge in [0.05, 0.1) is 7.11 Å². The van der Waals surface area contributed by atoms with Crippen molar-refractivity contribution in [3.63, 3.8) is 0 Å². The number of alkyl halides is 1. The Balaban J connectivity index is 2.17. The molecule has 3 nitrogen and oxygen atoms in total. The first-order chi connectivity index (χ1) is 6.13. The molecule has 1 rings (SSSR count). The van der Waals surface area contributed by atoms with Crippen molar-refractivity contribution >= 4 is 21.9 Å². The maximum atomic E-state index is 11.1. The lowest BCUT2D eigenvalue weighted by atomic mass is 10.3. The monoisotopic (exact) mass is 249 g/mol. The van der Waals surface area contributed by atoms with Crippen molar-refractivity contribution in [1.82, 2.24) is 4.90 Å². The van der Waals surface area contributed by atoms with Crippen molar-refractivity contribution in [3.05, 3.63) is 0 Å². The van der Waals surface area contributed by atoms with Crippen molar-refractivity contribution in [1.29, 1.82) is 0 Å². The molecule has 0 aromatic heterocycles. The number of ether oxygens (including phenoxy) is 1. The molecule has 0 spiro atoms. The first-order valence-electron chi connectivity index (χ1n) is 4.54. The van der Waals surface area contributed by atoms with Crippen LogP contribution in [0.5, 0.6) is 0 Å². The largest absolute Gasteiger partial charge is 0.468 e. The molecule has 1 atom stereocenters. The third kappa shape index (κ3) is 4.09. The molecule has 0 heterocycles. The van der Waals surface area contributed by atoms with E-state index >= 15 is 0 Å². The fourth-order valence-corrected chi connectivity index (χ4v) is 1.97. The van der Waals surface area contributed by atoms with Crippen molar-refractivity contribution in [3.8, 4) is 0 Å². The lowest BCUT2D eigenvalue weighted by molar-refractivity contribution is -0.140. The van der Waals surface area contributed by atoms with Gasteiger partial charge in [0.2, 0.25) is 0 Å². The molecule has 76 valence electrons. The van der Waals surface area contributed by atoms with Crippen LogP contribution in [0.4, 0.5) is 0 Å². The van der Waals surface area contributed by atoms with Gasteiger partial charge in [-0.3, -0.25) is 4.79 Å². The van der Waals surface area contributed by atoms with Crippen LogP contribution in [0.3, 0.4) is 0 Å². The number of halogens is 1. The van der Waals surface area contributed by atoms with Crippen LogP contribution in [-0.4, -0.2) is 42.9 Å². The van der Waals surface area contributed by atoms with E-state index in [9.17, 15) is 4.79 Å². The predicted octanol–water partition coefficient (Wildman–Crippen LogP) is 1.26. The second kappa shape index (κ2) is 4.96. The van der Waals surface area contributed by atoms with E-state index in [1.165, 1.54) is 20.0 Å². The van der Waals surface area contributed by atoms with E-state index in [4.69, 9.17) is 0 Å². The number of carbonyl (C=O) groups excluding carboxylic acids is 1. The molecule has 0 aromatic carbocycles. The molecule has 0 bridgehead atoms. The zero-order valence-electron chi connectivity index (χ0n) is 8.12. The van der Waals surface area contributed by atoms with Crippen LogP contribution in [0.1, 0.15) is 12.8 Å². The molecule has 1 aliphatic carbocycles. The molecular weight excluding hydrogens is 234 g/mol. The van der Waals surface area contributed by atoms with Gasteiger partial charge in [0, 0.05) is 13.1 Å². The van der Waals surface area contributed by atoms with Crippen LogP contribution in [0.25, 0.3) is 0 Å². The Morgan fingerprint density at radius 1 is 1.69 bits per heavy atom. The summed E-state index contributed by atoms with van der Waals surface area (Å²) in [5.74, 6) is 0.671. The number of hydrogen-bond donors (Lipinski definition) is 0. The SMILES string of the molecule is COC(=O)C(Br)CN(C)CC1CC1. The van der Waals surface area contributed by atoms with Crippen molar-refractivity contribution in [2.45, 2.75) is 17.7 Å². The summed E-state index contributed by atoms with van der Waals surface area (Å²) < 4.78 is 4.62. The van der Waals surface area contributed by atoms with E-state index in [0.717, 1.165) is 19.0 Å². The van der Waals surface area contributed by atoms with Crippen molar-refractivity contribution in [2.24, 2.45) is 5.92 Å². The molecule has 1 unspecified atom stereocenters. The first-order valence-corrected chi connectivity index (χ1v) is 5.45. The number of methoxy groups -OCH3 is 1. The Labute approximate surface area is 87.6 Å². The van der Waals surface area contributed by atoms with Gasteiger partial charge in [-0.05, 0) is 25.8 Å². The van der Waals surface area contributed by atoms with Gasteiger partial charge in [-0.2, -0.15) is 0 Å². The second-order valence-corrected chi connectivity index (χ2v) is 4.76. The molecule has 0 N–H and O–H groups in total. The number of hydrogen-bond acceptors (Lipinski definition) is 3. The molecular formula is C9H16BrNO2. The fourth-order valence-electron chi connectivity index (χ4n) is 1.29. The molecule has 1 aliphatic rings. The van der Waals surface area contributed by atoms with E-state index in [-0.39, 0.29) is 10.8 Å². The second-order valence-electron chi connectivity index (χ2n) is 3.66. The molecule has 1 saturated carbocycles. The van der Waals surface area contributed by atoms with Gasteiger partial charge >= 0.3 is 5.97 Å². The highest BCUT2D eigenvalue weighted by Crippen LogP contribution is 2.29. The zero-order valence-corrected chi connectivity index (χ0v) is 9.71. The zero-order chi connectivity index (χ0) is 9.84. The number of nitrogens with zero attached hydrogens (tertiary/aromatic N) is 1. The van der Waals surface area contributed by atoms with Crippen LogP contribution in [0.2, 0.25) is 0 Å². The third-order valence-corrected chi connectivity index (χ3v) is 2.86. The van der Waals surface area contributed by atoms with Gasteiger partial charge in [0.15, 0.2) is 0 Å². The highest BCUT2D eigenvalue weighted by Gasteiger charge is 2.25. The Morgan fingerprint density at radius 2 is 2.31 bits per heavy atom. The average molecular weight is 250 g/mol. The minimum absolute atomic E-state index is 0.192. The Morgan fingerprint density at radius 3 is 2.77 bits per heavy atom. The van der Waals surface area contributed by atoms with Gasteiger partial charge in [0.25, 0.3) is 0 Å². The highest BCUT2D eigenvalue weighted by molar-refractivity contribution is 9.10. The Bertz CT molecular complexity index is 182. The van der Waals surface area contributed by atoms with Crippen LogP contribution < -0.4 is 0 Å². The van der Waals surface area contributed by atoms with Crippen LogP contribution >= 0.6 is 15.9 Å². The van der Waals surface area contributed by atoms with E-state index in [1.807, 2.05) is 7.05 Å². The Kier molecular flexibility index (Phi) is 4.19. The molecule has 4 heteroatoms. The lowest BCUT2D eigenvalue weighted by Crippen LogP contribution is -2.32. The normalized spacial score (nSPS) is 18.8. The van der Waals surface area contributed by atoms with Crippen molar-refractivity contribution < 1.29 is 9.53 Å². The topological polar surface area (TPSA) is 29.5 Å². The van der Waals surface area contributed by atoms with Crippen LogP contribution in [0.15, 0.2) is 0 Å². The smallest absolute Gasteiger partial charge is 0.320 e. The molecule has 0 aromatic rings. The van der Waals surface area contributed by atoms with Crippen LogP contribution in [0, 0.1) is 5.92 Å². The lowest BCUT2D eigenvalue weighted by Gasteiger charge is -2.18. The predicted molar refractivity (Wildman–Crippen MR) is 55.0 cm³/mol. The molecule has 0 aliphatic heterocycles. The highest BCUT2D eigenvalue weighted by atomic mass is 79.9. The molecule has 0 saturated heterocycles. The summed E-state index contributed by atoms with van der Waals surface area (Å²) in [5, 5.41) is 0. The standard InChI is InChI=1S/C9H16BrNO2/c1-11(5-7-3-4-7)6-8(10)9(12)13-2/h7-8H,3-6H2,1-2H3. The average Bonchev–Trinajstić information content (AvgIpc) is 2.86. The van der Waals surface area contributed by atoms with Gasteiger partial charge in [0.1, 0.15) is 4.83 Å². The van der Waals surface area contributed by atoms with E-state index in [1.54, 1.807) is 0 Å². The molecule has 0 amide bonds. The Hall–Kier alpha value is -0.0900. The molecule has 13 heavy (non-hydrogen) atoms. The maximum Gasteiger partial charge on any atom is 0.320 e. The number of rotatable bonds is 5. The van der Waals surface area contributed by atoms with Crippen LogP contribution in [-0.2, 0) is 9.53 Å². The van der Waals surface area contributed by atoms with Gasteiger partial charge in [-0.25, -0.2) is 0 Å². The quantitative estimate of drug-likeness (QED) is 0.543. The summed E-state index contributed by atoms with van der Waals surface area (Å²) >= 11 is 3.30. The minimum Gasteiger partial charge on any atom is -0.468 e. The maximum absolute atomic E-state index is 11.1. The van der Waals surface area contributed by atoms with Gasteiger partial charge < -0.3 is 9.64 Å². The first kappa shape index (κ1) is 11.0. The fraction of sp³-hybridized carbons (Fsp3) is 0.889. The van der Waals surface area contributed by atoms with Gasteiger partial charge in [-0.1, -0.05) is 15.9 Å². The molecule has 1 fully saturated rings. The molecule has 0 radical (unpaired) electrons. The summed E-state index contributed by atoms with van der Waals surface area (Å²) in [6.07, 6.45) is 2.69. The van der Waals surface area contributed by atoms with E-state index in [0.29, 0.717) is 0 Å².